The van der Waals surface area contributed by atoms with Crippen LogP contribution in [0.25, 0.3) is 0 Å². The van der Waals surface area contributed by atoms with E-state index in [4.69, 9.17) is 14.0 Å². The van der Waals surface area contributed by atoms with Gasteiger partial charge in [0.15, 0.2) is 5.79 Å². The zero-order chi connectivity index (χ0) is 11.2. The molecule has 0 N–H and O–H groups in total. The standard InChI is InChI=1S/C12H21BO3/c1-3-6-10-9(2)13-15-11-7-4-5-8-12(11,14-10)16-13/h9-11H,3-8H2,1-2H3. The van der Waals surface area contributed by atoms with Crippen LogP contribution in [0.1, 0.15) is 52.4 Å². The summed E-state index contributed by atoms with van der Waals surface area (Å²) >= 11 is 0. The summed E-state index contributed by atoms with van der Waals surface area (Å²) in [5.74, 6) is -0.00824. The summed E-state index contributed by atoms with van der Waals surface area (Å²) in [5.41, 5.74) is 0. The third kappa shape index (κ3) is 1.54. The molecule has 4 heteroatoms. The highest BCUT2D eigenvalue weighted by Crippen LogP contribution is 2.49. The van der Waals surface area contributed by atoms with Gasteiger partial charge < -0.3 is 14.0 Å². The number of hydrogen-bond acceptors (Lipinski definition) is 3. The van der Waals surface area contributed by atoms with Gasteiger partial charge in [0.1, 0.15) is 0 Å². The van der Waals surface area contributed by atoms with Gasteiger partial charge in [0.2, 0.25) is 0 Å². The molecule has 90 valence electrons. The first-order chi connectivity index (χ1) is 7.75. The quantitative estimate of drug-likeness (QED) is 0.675. The van der Waals surface area contributed by atoms with Crippen molar-refractivity contribution in [2.24, 2.45) is 0 Å². The molecule has 0 radical (unpaired) electrons. The van der Waals surface area contributed by atoms with Crippen LogP contribution in [0.4, 0.5) is 0 Å². The summed E-state index contributed by atoms with van der Waals surface area (Å²) in [6, 6.07) is 0. The van der Waals surface area contributed by atoms with Gasteiger partial charge in [0, 0.05) is 12.2 Å². The Balaban J connectivity index is 1.81. The van der Waals surface area contributed by atoms with Crippen molar-refractivity contribution < 1.29 is 14.0 Å². The fraction of sp³-hybridized carbons (Fsp3) is 1.00. The van der Waals surface area contributed by atoms with E-state index in [0.717, 1.165) is 19.3 Å². The Kier molecular flexibility index (Phi) is 2.77. The molecule has 2 heterocycles. The van der Waals surface area contributed by atoms with E-state index in [0.29, 0.717) is 11.9 Å². The molecule has 16 heavy (non-hydrogen) atoms. The van der Waals surface area contributed by atoms with Gasteiger partial charge in [-0.05, 0) is 19.3 Å². The lowest BCUT2D eigenvalue weighted by Crippen LogP contribution is -2.51. The molecule has 1 spiro atoms. The Morgan fingerprint density at radius 1 is 1.38 bits per heavy atom. The van der Waals surface area contributed by atoms with E-state index in [2.05, 4.69) is 13.8 Å². The molecular formula is C12H21BO3. The Labute approximate surface area is 98.0 Å². The largest absolute Gasteiger partial charge is 0.465 e. The predicted octanol–water partition coefficient (Wildman–Crippen LogP) is 2.75. The zero-order valence-electron chi connectivity index (χ0n) is 10.3. The van der Waals surface area contributed by atoms with Gasteiger partial charge in [0.25, 0.3) is 0 Å². The van der Waals surface area contributed by atoms with E-state index in [9.17, 15) is 0 Å². The first-order valence-electron chi connectivity index (χ1n) is 6.76. The first-order valence-corrected chi connectivity index (χ1v) is 6.76. The van der Waals surface area contributed by atoms with E-state index >= 15 is 0 Å². The minimum absolute atomic E-state index is 0.0200. The number of rotatable bonds is 2. The highest BCUT2D eigenvalue weighted by atomic mass is 16.8. The summed E-state index contributed by atoms with van der Waals surface area (Å²) < 4.78 is 18.3. The average molecular weight is 224 g/mol. The van der Waals surface area contributed by atoms with Crippen LogP contribution in [0.5, 0.6) is 0 Å². The van der Waals surface area contributed by atoms with E-state index in [1.807, 2.05) is 0 Å². The molecule has 0 amide bonds. The van der Waals surface area contributed by atoms with Gasteiger partial charge in [-0.1, -0.05) is 26.7 Å². The van der Waals surface area contributed by atoms with E-state index in [1.54, 1.807) is 0 Å². The fourth-order valence-electron chi connectivity index (χ4n) is 3.31. The highest BCUT2D eigenvalue weighted by molar-refractivity contribution is 6.47. The van der Waals surface area contributed by atoms with Crippen LogP contribution in [0.15, 0.2) is 0 Å². The van der Waals surface area contributed by atoms with Gasteiger partial charge in [0.05, 0.1) is 12.2 Å². The van der Waals surface area contributed by atoms with Crippen molar-refractivity contribution >= 4 is 7.12 Å². The molecule has 1 aliphatic carbocycles. The van der Waals surface area contributed by atoms with Crippen LogP contribution < -0.4 is 0 Å². The van der Waals surface area contributed by atoms with Crippen LogP contribution in [0.3, 0.4) is 0 Å². The molecule has 3 rings (SSSR count). The SMILES string of the molecule is CCCC1OC23CCCCC2OB(O3)C1C. The first kappa shape index (κ1) is 11.1. The van der Waals surface area contributed by atoms with E-state index in [1.165, 1.54) is 19.3 Å². The van der Waals surface area contributed by atoms with Crippen molar-refractivity contribution in [3.05, 3.63) is 0 Å². The minimum Gasteiger partial charge on any atom is -0.402 e. The van der Waals surface area contributed by atoms with Gasteiger partial charge in [-0.15, -0.1) is 0 Å². The summed E-state index contributed by atoms with van der Waals surface area (Å²) in [5, 5.41) is 0. The Morgan fingerprint density at radius 2 is 2.25 bits per heavy atom. The van der Waals surface area contributed by atoms with Crippen LogP contribution in [-0.4, -0.2) is 25.1 Å². The molecule has 4 atom stereocenters. The van der Waals surface area contributed by atoms with Gasteiger partial charge in [-0.25, -0.2) is 0 Å². The van der Waals surface area contributed by atoms with Gasteiger partial charge in [-0.3, -0.25) is 0 Å². The second-order valence-corrected chi connectivity index (χ2v) is 5.47. The van der Waals surface area contributed by atoms with E-state index < -0.39 is 0 Å². The molecular weight excluding hydrogens is 203 g/mol. The van der Waals surface area contributed by atoms with Crippen molar-refractivity contribution in [1.82, 2.24) is 0 Å². The maximum Gasteiger partial charge on any atom is 0.465 e. The molecule has 0 aromatic rings. The van der Waals surface area contributed by atoms with Crippen molar-refractivity contribution in [2.45, 2.75) is 76.2 Å². The fourth-order valence-corrected chi connectivity index (χ4v) is 3.31. The van der Waals surface area contributed by atoms with Crippen LogP contribution in [0.2, 0.25) is 5.82 Å². The molecule has 4 unspecified atom stereocenters. The van der Waals surface area contributed by atoms with Crippen molar-refractivity contribution in [2.75, 3.05) is 0 Å². The van der Waals surface area contributed by atoms with E-state index in [-0.39, 0.29) is 19.0 Å². The zero-order valence-corrected chi connectivity index (χ0v) is 10.3. The average Bonchev–Trinajstić information content (AvgIpc) is 2.61. The van der Waals surface area contributed by atoms with Gasteiger partial charge in [-0.2, -0.15) is 0 Å². The third-order valence-electron chi connectivity index (χ3n) is 4.29. The predicted molar refractivity (Wildman–Crippen MR) is 62.1 cm³/mol. The second kappa shape index (κ2) is 4.00. The summed E-state index contributed by atoms with van der Waals surface area (Å²) in [7, 11) is -0.0200. The molecule has 0 aromatic carbocycles. The normalized spacial score (nSPS) is 46.9. The van der Waals surface area contributed by atoms with Crippen molar-refractivity contribution in [3.63, 3.8) is 0 Å². The molecule has 1 saturated carbocycles. The lowest BCUT2D eigenvalue weighted by molar-refractivity contribution is -0.250. The number of ether oxygens (including phenoxy) is 1. The maximum atomic E-state index is 6.27. The maximum absolute atomic E-state index is 6.27. The van der Waals surface area contributed by atoms with Gasteiger partial charge >= 0.3 is 7.12 Å². The Bertz CT molecular complexity index is 273. The second-order valence-electron chi connectivity index (χ2n) is 5.47. The molecule has 3 nitrogen and oxygen atoms in total. The van der Waals surface area contributed by atoms with Crippen LogP contribution >= 0.6 is 0 Å². The smallest absolute Gasteiger partial charge is 0.402 e. The molecule has 0 aromatic heterocycles. The number of hydrogen-bond donors (Lipinski definition) is 0. The monoisotopic (exact) mass is 224 g/mol. The third-order valence-corrected chi connectivity index (χ3v) is 4.29. The molecule has 3 aliphatic rings. The topological polar surface area (TPSA) is 27.7 Å². The molecule has 2 saturated heterocycles. The van der Waals surface area contributed by atoms with Crippen LogP contribution in [0, 0.1) is 0 Å². The molecule has 3 fully saturated rings. The van der Waals surface area contributed by atoms with Crippen molar-refractivity contribution in [1.29, 1.82) is 0 Å². The summed E-state index contributed by atoms with van der Waals surface area (Å²) in [4.78, 5) is 0. The molecule has 2 bridgehead atoms. The van der Waals surface area contributed by atoms with Crippen LogP contribution in [-0.2, 0) is 14.0 Å². The number of fused-ring (bicyclic) bond motifs is 1. The lowest BCUT2D eigenvalue weighted by atomic mass is 9.68. The minimum atomic E-state index is -0.380. The Morgan fingerprint density at radius 3 is 3.06 bits per heavy atom. The summed E-state index contributed by atoms with van der Waals surface area (Å²) in [6.07, 6.45) is 7.38. The Hall–Kier alpha value is -0.0551. The lowest BCUT2D eigenvalue weighted by Gasteiger charge is -2.43. The molecule has 2 aliphatic heterocycles. The highest BCUT2D eigenvalue weighted by Gasteiger charge is 2.61. The van der Waals surface area contributed by atoms with Crippen molar-refractivity contribution in [3.8, 4) is 0 Å². The summed E-state index contributed by atoms with van der Waals surface area (Å²) in [6.45, 7) is 4.40.